The smallest absolute Gasteiger partial charge is 0.119 e. The van der Waals surface area contributed by atoms with E-state index in [1.165, 1.54) is 0 Å². The summed E-state index contributed by atoms with van der Waals surface area (Å²) in [6, 6.07) is 19.6. The summed E-state index contributed by atoms with van der Waals surface area (Å²) in [5.41, 5.74) is 7.11. The van der Waals surface area contributed by atoms with Crippen LogP contribution in [0.25, 0.3) is 0 Å². The van der Waals surface area contributed by atoms with Crippen LogP contribution in [0, 0.1) is 0 Å². The van der Waals surface area contributed by atoms with E-state index in [2.05, 4.69) is 0 Å². The van der Waals surface area contributed by atoms with Crippen LogP contribution in [0.5, 0.6) is 5.75 Å². The molecule has 0 amide bonds. The van der Waals surface area contributed by atoms with Crippen molar-refractivity contribution < 1.29 is 4.74 Å². The zero-order valence-electron chi connectivity index (χ0n) is 9.45. The fraction of sp³-hybridized carbons (Fsp3) is 0.143. The van der Waals surface area contributed by atoms with Gasteiger partial charge in [0, 0.05) is 0 Å². The first-order valence-electron chi connectivity index (χ1n) is 5.34. The van der Waals surface area contributed by atoms with E-state index in [-0.39, 0.29) is 18.4 Å². The van der Waals surface area contributed by atoms with Gasteiger partial charge in [-0.25, -0.2) is 0 Å². The van der Waals surface area contributed by atoms with Gasteiger partial charge in [0.25, 0.3) is 0 Å². The van der Waals surface area contributed by atoms with Gasteiger partial charge in [0.2, 0.25) is 0 Å². The first kappa shape index (κ1) is 13.6. The van der Waals surface area contributed by atoms with Gasteiger partial charge in [-0.3, -0.25) is 0 Å². The summed E-state index contributed by atoms with van der Waals surface area (Å²) >= 11 is 0. The van der Waals surface area contributed by atoms with Crippen LogP contribution in [0.2, 0.25) is 0 Å². The van der Waals surface area contributed by atoms with Gasteiger partial charge in [-0.15, -0.1) is 12.4 Å². The van der Waals surface area contributed by atoms with Crippen LogP contribution in [0.3, 0.4) is 0 Å². The molecule has 0 fully saturated rings. The highest BCUT2D eigenvalue weighted by atomic mass is 35.5. The first-order valence-corrected chi connectivity index (χ1v) is 5.34. The lowest BCUT2D eigenvalue weighted by atomic mass is 10.1. The lowest BCUT2D eigenvalue weighted by Gasteiger charge is -2.13. The molecule has 0 spiro atoms. The third-order valence-electron chi connectivity index (χ3n) is 2.40. The molecule has 2 aromatic rings. The van der Waals surface area contributed by atoms with Crippen LogP contribution in [0.4, 0.5) is 0 Å². The molecule has 0 aromatic heterocycles. The van der Waals surface area contributed by atoms with Crippen LogP contribution in [0.1, 0.15) is 11.6 Å². The maximum absolute atomic E-state index is 6.02. The summed E-state index contributed by atoms with van der Waals surface area (Å²) in [5.74, 6) is 0.855. The molecule has 0 unspecified atom stereocenters. The summed E-state index contributed by atoms with van der Waals surface area (Å²) in [4.78, 5) is 0. The van der Waals surface area contributed by atoms with E-state index in [9.17, 15) is 0 Å². The van der Waals surface area contributed by atoms with Crippen molar-refractivity contribution in [3.05, 3.63) is 66.2 Å². The number of hydrogen-bond donors (Lipinski definition) is 1. The van der Waals surface area contributed by atoms with Gasteiger partial charge in [-0.1, -0.05) is 48.5 Å². The number of nitrogens with two attached hydrogens (primary N) is 1. The molecule has 0 radical (unpaired) electrons. The highest BCUT2D eigenvalue weighted by Gasteiger charge is 2.05. The number of ether oxygens (including phenoxy) is 1. The third-order valence-corrected chi connectivity index (χ3v) is 2.40. The van der Waals surface area contributed by atoms with Crippen LogP contribution in [-0.4, -0.2) is 6.61 Å². The van der Waals surface area contributed by atoms with E-state index in [1.54, 1.807) is 0 Å². The number of halogens is 1. The van der Waals surface area contributed by atoms with Crippen molar-refractivity contribution in [3.8, 4) is 5.75 Å². The van der Waals surface area contributed by atoms with E-state index >= 15 is 0 Å². The van der Waals surface area contributed by atoms with Crippen LogP contribution < -0.4 is 10.5 Å². The topological polar surface area (TPSA) is 35.2 Å². The van der Waals surface area contributed by atoms with Crippen molar-refractivity contribution in [2.75, 3.05) is 6.61 Å². The van der Waals surface area contributed by atoms with E-state index in [0.717, 1.165) is 11.3 Å². The van der Waals surface area contributed by atoms with Crippen molar-refractivity contribution in [1.29, 1.82) is 0 Å². The third kappa shape index (κ3) is 4.10. The molecule has 0 bridgehead atoms. The maximum Gasteiger partial charge on any atom is 0.119 e. The standard InChI is InChI=1S/C14H15NO.ClH/c15-14(12-7-3-1-4-8-12)11-16-13-9-5-2-6-10-13;/h1-10,14H,11,15H2;1H/t14-;/m1./s1. The van der Waals surface area contributed by atoms with Crippen molar-refractivity contribution in [3.63, 3.8) is 0 Å². The number of para-hydroxylation sites is 1. The Morgan fingerprint density at radius 1 is 0.882 bits per heavy atom. The second-order valence-electron chi connectivity index (χ2n) is 3.64. The number of rotatable bonds is 4. The molecule has 17 heavy (non-hydrogen) atoms. The van der Waals surface area contributed by atoms with Gasteiger partial charge >= 0.3 is 0 Å². The SMILES string of the molecule is Cl.N[C@H](COc1ccccc1)c1ccccc1. The molecular formula is C14H16ClNO. The second kappa shape index (κ2) is 6.94. The molecule has 2 rings (SSSR count). The highest BCUT2D eigenvalue weighted by molar-refractivity contribution is 5.85. The molecule has 0 saturated carbocycles. The Labute approximate surface area is 108 Å². The summed E-state index contributed by atoms with van der Waals surface area (Å²) in [6.07, 6.45) is 0. The Morgan fingerprint density at radius 2 is 1.41 bits per heavy atom. The zero-order valence-corrected chi connectivity index (χ0v) is 10.3. The number of benzene rings is 2. The maximum atomic E-state index is 6.02. The Morgan fingerprint density at radius 3 is 2.00 bits per heavy atom. The highest BCUT2D eigenvalue weighted by Crippen LogP contribution is 2.13. The van der Waals surface area contributed by atoms with Crippen LogP contribution in [-0.2, 0) is 0 Å². The largest absolute Gasteiger partial charge is 0.492 e. The number of hydrogen-bond acceptors (Lipinski definition) is 2. The van der Waals surface area contributed by atoms with Gasteiger partial charge in [0.05, 0.1) is 6.04 Å². The fourth-order valence-electron chi connectivity index (χ4n) is 1.50. The normalized spacial score (nSPS) is 11.4. The quantitative estimate of drug-likeness (QED) is 0.903. The van der Waals surface area contributed by atoms with Gasteiger partial charge in [0.1, 0.15) is 12.4 Å². The average Bonchev–Trinajstić information content (AvgIpc) is 2.38. The Hall–Kier alpha value is -1.51. The molecular weight excluding hydrogens is 234 g/mol. The van der Waals surface area contributed by atoms with Gasteiger partial charge in [-0.05, 0) is 17.7 Å². The summed E-state index contributed by atoms with van der Waals surface area (Å²) in [5, 5.41) is 0. The molecule has 0 aliphatic carbocycles. The Bertz CT molecular complexity index is 419. The monoisotopic (exact) mass is 249 g/mol. The molecule has 2 nitrogen and oxygen atoms in total. The van der Waals surface area contributed by atoms with E-state index in [4.69, 9.17) is 10.5 Å². The van der Waals surface area contributed by atoms with Crippen molar-refractivity contribution in [2.24, 2.45) is 5.73 Å². The minimum Gasteiger partial charge on any atom is -0.492 e. The summed E-state index contributed by atoms with van der Waals surface area (Å²) in [7, 11) is 0. The zero-order chi connectivity index (χ0) is 11.2. The molecule has 0 heterocycles. The Kier molecular flexibility index (Phi) is 5.53. The first-order chi connectivity index (χ1) is 7.86. The van der Waals surface area contributed by atoms with E-state index < -0.39 is 0 Å². The lowest BCUT2D eigenvalue weighted by molar-refractivity contribution is 0.290. The fourth-order valence-corrected chi connectivity index (χ4v) is 1.50. The predicted molar refractivity (Wildman–Crippen MR) is 72.6 cm³/mol. The summed E-state index contributed by atoms with van der Waals surface area (Å²) in [6.45, 7) is 0.494. The Balaban J connectivity index is 0.00000144. The molecule has 2 N–H and O–H groups in total. The van der Waals surface area contributed by atoms with Crippen molar-refractivity contribution >= 4 is 12.4 Å². The molecule has 0 aliphatic rings. The van der Waals surface area contributed by atoms with Gasteiger partial charge in [0.15, 0.2) is 0 Å². The van der Waals surface area contributed by atoms with Gasteiger partial charge in [-0.2, -0.15) is 0 Å². The molecule has 90 valence electrons. The van der Waals surface area contributed by atoms with Crippen molar-refractivity contribution in [1.82, 2.24) is 0 Å². The molecule has 2 aromatic carbocycles. The van der Waals surface area contributed by atoms with E-state index in [0.29, 0.717) is 6.61 Å². The van der Waals surface area contributed by atoms with Crippen LogP contribution >= 0.6 is 12.4 Å². The lowest BCUT2D eigenvalue weighted by Crippen LogP contribution is -2.18. The molecule has 1 atom stereocenters. The minimum absolute atomic E-state index is 0. The van der Waals surface area contributed by atoms with Crippen LogP contribution in [0.15, 0.2) is 60.7 Å². The average molecular weight is 250 g/mol. The minimum atomic E-state index is -0.0820. The second-order valence-corrected chi connectivity index (χ2v) is 3.64. The summed E-state index contributed by atoms with van der Waals surface area (Å²) < 4.78 is 5.60. The molecule has 3 heteroatoms. The van der Waals surface area contributed by atoms with E-state index in [1.807, 2.05) is 60.7 Å². The predicted octanol–water partition coefficient (Wildman–Crippen LogP) is 3.19. The molecule has 0 saturated heterocycles. The van der Waals surface area contributed by atoms with Crippen molar-refractivity contribution in [2.45, 2.75) is 6.04 Å². The molecule has 0 aliphatic heterocycles. The van der Waals surface area contributed by atoms with Gasteiger partial charge < -0.3 is 10.5 Å².